The van der Waals surface area contributed by atoms with E-state index in [2.05, 4.69) is 0 Å². The fraction of sp³-hybridized carbons (Fsp3) is 0.167. The van der Waals surface area contributed by atoms with E-state index in [9.17, 15) is 8.42 Å². The first-order chi connectivity index (χ1) is 8.38. The third kappa shape index (κ3) is 2.85. The molecule has 0 saturated carbocycles. The predicted octanol–water partition coefficient (Wildman–Crippen LogP) is 3.79. The van der Waals surface area contributed by atoms with Gasteiger partial charge < -0.3 is 4.18 Å². The summed E-state index contributed by atoms with van der Waals surface area (Å²) in [6.07, 6.45) is 0. The molecule has 0 amide bonds. The third-order valence-electron chi connectivity index (χ3n) is 2.34. The lowest BCUT2D eigenvalue weighted by atomic mass is 10.1. The van der Waals surface area contributed by atoms with Crippen LogP contribution >= 0.6 is 22.9 Å². The highest BCUT2D eigenvalue weighted by molar-refractivity contribution is 7.89. The minimum Gasteiger partial charge on any atom is -0.378 e. The van der Waals surface area contributed by atoms with Crippen LogP contribution < -0.4 is 4.18 Å². The van der Waals surface area contributed by atoms with E-state index < -0.39 is 10.1 Å². The van der Waals surface area contributed by atoms with Crippen molar-refractivity contribution in [3.63, 3.8) is 0 Å². The minimum absolute atomic E-state index is 0.105. The van der Waals surface area contributed by atoms with Gasteiger partial charge in [0.1, 0.15) is 5.75 Å². The topological polar surface area (TPSA) is 43.4 Å². The molecule has 0 aliphatic heterocycles. The molecule has 0 unspecified atom stereocenters. The molecule has 18 heavy (non-hydrogen) atoms. The zero-order chi connectivity index (χ0) is 13.3. The van der Waals surface area contributed by atoms with E-state index in [1.165, 1.54) is 12.1 Å². The smallest absolute Gasteiger partial charge is 0.348 e. The summed E-state index contributed by atoms with van der Waals surface area (Å²) in [6, 6.07) is 8.39. The first-order valence-corrected chi connectivity index (χ1v) is 7.76. The van der Waals surface area contributed by atoms with Crippen LogP contribution in [0, 0.1) is 13.8 Å². The molecule has 1 aromatic carbocycles. The molecule has 2 rings (SSSR count). The van der Waals surface area contributed by atoms with E-state index in [1.54, 1.807) is 13.0 Å². The Labute approximate surface area is 115 Å². The molecule has 0 spiro atoms. The molecule has 0 N–H and O–H groups in total. The molecule has 0 aliphatic rings. The van der Waals surface area contributed by atoms with Crippen LogP contribution in [0.3, 0.4) is 0 Å². The second-order valence-electron chi connectivity index (χ2n) is 3.86. The summed E-state index contributed by atoms with van der Waals surface area (Å²) < 4.78 is 29.7. The highest BCUT2D eigenvalue weighted by Crippen LogP contribution is 2.29. The van der Waals surface area contributed by atoms with Crippen molar-refractivity contribution in [3.8, 4) is 5.75 Å². The Balaban J connectivity index is 2.36. The van der Waals surface area contributed by atoms with Crippen molar-refractivity contribution in [2.24, 2.45) is 0 Å². The summed E-state index contributed by atoms with van der Waals surface area (Å²) >= 11 is 6.70. The van der Waals surface area contributed by atoms with Crippen LogP contribution in [0.5, 0.6) is 5.75 Å². The van der Waals surface area contributed by atoms with E-state index in [1.807, 2.05) is 19.1 Å². The number of hydrogen-bond acceptors (Lipinski definition) is 4. The van der Waals surface area contributed by atoms with Crippen molar-refractivity contribution in [2.75, 3.05) is 0 Å². The van der Waals surface area contributed by atoms with Gasteiger partial charge in [-0.2, -0.15) is 8.42 Å². The van der Waals surface area contributed by atoms with Gasteiger partial charge in [-0.05, 0) is 43.2 Å². The zero-order valence-electron chi connectivity index (χ0n) is 9.81. The summed E-state index contributed by atoms with van der Waals surface area (Å²) in [6.45, 7) is 3.67. The van der Waals surface area contributed by atoms with Crippen LogP contribution in [0.4, 0.5) is 0 Å². The molecule has 2 aromatic rings. The van der Waals surface area contributed by atoms with Crippen LogP contribution in [0.25, 0.3) is 0 Å². The maximum absolute atomic E-state index is 12.0. The Hall–Kier alpha value is -1.04. The number of halogens is 1. The van der Waals surface area contributed by atoms with Crippen molar-refractivity contribution in [1.29, 1.82) is 0 Å². The first kappa shape index (κ1) is 13.4. The van der Waals surface area contributed by atoms with Gasteiger partial charge >= 0.3 is 10.1 Å². The van der Waals surface area contributed by atoms with Crippen LogP contribution in [0.1, 0.15) is 11.1 Å². The van der Waals surface area contributed by atoms with Gasteiger partial charge in [0.05, 0.1) is 4.34 Å². The van der Waals surface area contributed by atoms with Gasteiger partial charge in [0.25, 0.3) is 0 Å². The van der Waals surface area contributed by atoms with Gasteiger partial charge in [-0.15, -0.1) is 11.3 Å². The normalized spacial score (nSPS) is 11.5. The molecule has 0 radical (unpaired) electrons. The lowest BCUT2D eigenvalue weighted by molar-refractivity contribution is 0.486. The maximum atomic E-state index is 12.0. The molecule has 96 valence electrons. The summed E-state index contributed by atoms with van der Waals surface area (Å²) in [5, 5.41) is 0. The Kier molecular flexibility index (Phi) is 3.66. The van der Waals surface area contributed by atoms with Crippen LogP contribution in [-0.4, -0.2) is 8.42 Å². The molecule has 6 heteroatoms. The highest BCUT2D eigenvalue weighted by Gasteiger charge is 2.20. The van der Waals surface area contributed by atoms with E-state index in [0.29, 0.717) is 10.1 Å². The highest BCUT2D eigenvalue weighted by atomic mass is 35.5. The van der Waals surface area contributed by atoms with Crippen molar-refractivity contribution < 1.29 is 12.6 Å². The molecule has 0 bridgehead atoms. The fourth-order valence-corrected chi connectivity index (χ4v) is 3.81. The Morgan fingerprint density at radius 2 is 1.89 bits per heavy atom. The molecule has 1 aromatic heterocycles. The SMILES string of the molecule is Cc1ccc(C)c(OS(=O)(=O)c2ccc(Cl)s2)c1. The third-order valence-corrected chi connectivity index (χ3v) is 5.25. The standard InChI is InChI=1S/C12H11ClO3S2/c1-8-3-4-9(2)10(7-8)16-18(14,15)12-6-5-11(13)17-12/h3-7H,1-2H3. The van der Waals surface area contributed by atoms with E-state index in [0.717, 1.165) is 22.5 Å². The molecule has 0 fully saturated rings. The van der Waals surface area contributed by atoms with Crippen molar-refractivity contribution in [1.82, 2.24) is 0 Å². The van der Waals surface area contributed by atoms with E-state index in [4.69, 9.17) is 15.8 Å². The molecular weight excluding hydrogens is 292 g/mol. The van der Waals surface area contributed by atoms with Crippen LogP contribution in [0.2, 0.25) is 4.34 Å². The monoisotopic (exact) mass is 302 g/mol. The first-order valence-electron chi connectivity index (χ1n) is 5.15. The average Bonchev–Trinajstić information content (AvgIpc) is 2.71. The van der Waals surface area contributed by atoms with Gasteiger partial charge in [0.15, 0.2) is 4.21 Å². The minimum atomic E-state index is -3.80. The number of thiophene rings is 1. The zero-order valence-corrected chi connectivity index (χ0v) is 12.2. The average molecular weight is 303 g/mol. The largest absolute Gasteiger partial charge is 0.378 e. The summed E-state index contributed by atoms with van der Waals surface area (Å²) in [4.78, 5) is 0. The number of hydrogen-bond donors (Lipinski definition) is 0. The predicted molar refractivity (Wildman–Crippen MR) is 73.1 cm³/mol. The second-order valence-corrected chi connectivity index (χ2v) is 7.35. The molecule has 1 heterocycles. The summed E-state index contributed by atoms with van der Waals surface area (Å²) in [7, 11) is -3.80. The molecule has 0 saturated heterocycles. The van der Waals surface area contributed by atoms with Crippen molar-refractivity contribution >= 4 is 33.1 Å². The van der Waals surface area contributed by atoms with Gasteiger partial charge in [-0.1, -0.05) is 23.7 Å². The Morgan fingerprint density at radius 1 is 1.17 bits per heavy atom. The van der Waals surface area contributed by atoms with E-state index in [-0.39, 0.29) is 4.21 Å². The molecular formula is C12H11ClO3S2. The molecule has 0 aliphatic carbocycles. The fourth-order valence-electron chi connectivity index (χ4n) is 1.39. The van der Waals surface area contributed by atoms with Crippen LogP contribution in [-0.2, 0) is 10.1 Å². The quantitative estimate of drug-likeness (QED) is 0.810. The summed E-state index contributed by atoms with van der Waals surface area (Å²) in [5.74, 6) is 0.347. The maximum Gasteiger partial charge on any atom is 0.348 e. The number of rotatable bonds is 3. The van der Waals surface area contributed by atoms with Crippen LogP contribution in [0.15, 0.2) is 34.5 Å². The van der Waals surface area contributed by atoms with Crippen molar-refractivity contribution in [2.45, 2.75) is 18.1 Å². The Morgan fingerprint density at radius 3 is 2.50 bits per heavy atom. The van der Waals surface area contributed by atoms with Gasteiger partial charge in [0.2, 0.25) is 0 Å². The lowest BCUT2D eigenvalue weighted by Gasteiger charge is -2.08. The number of benzene rings is 1. The van der Waals surface area contributed by atoms with Gasteiger partial charge in [-0.3, -0.25) is 0 Å². The second kappa shape index (κ2) is 4.91. The Bertz CT molecular complexity index is 674. The van der Waals surface area contributed by atoms with Gasteiger partial charge in [-0.25, -0.2) is 0 Å². The van der Waals surface area contributed by atoms with Crippen molar-refractivity contribution in [3.05, 3.63) is 45.8 Å². The van der Waals surface area contributed by atoms with E-state index >= 15 is 0 Å². The summed E-state index contributed by atoms with van der Waals surface area (Å²) in [5.41, 5.74) is 1.71. The lowest BCUT2D eigenvalue weighted by Crippen LogP contribution is -2.08. The number of aryl methyl sites for hydroxylation is 2. The van der Waals surface area contributed by atoms with Gasteiger partial charge in [0, 0.05) is 0 Å². The molecule has 3 nitrogen and oxygen atoms in total. The molecule has 0 atom stereocenters.